The SMILES string of the molecule is CC(C)c1cccc(C(C)C)c1N1[C]N([Si](C)(C)C)C=C1. The van der Waals surface area contributed by atoms with E-state index in [4.69, 9.17) is 0 Å². The van der Waals surface area contributed by atoms with Crippen LogP contribution in [0.1, 0.15) is 50.7 Å². The van der Waals surface area contributed by atoms with Crippen molar-refractivity contribution >= 4 is 13.9 Å². The van der Waals surface area contributed by atoms with Crippen LogP contribution in [0.25, 0.3) is 0 Å². The smallest absolute Gasteiger partial charge is 0.203 e. The zero-order chi connectivity index (χ0) is 15.8. The van der Waals surface area contributed by atoms with Gasteiger partial charge in [0, 0.05) is 18.1 Å². The Morgan fingerprint density at radius 3 is 1.81 bits per heavy atom. The monoisotopic (exact) mass is 300 g/mol. The predicted octanol–water partition coefficient (Wildman–Crippen LogP) is 5.36. The first-order valence-electron chi connectivity index (χ1n) is 7.87. The van der Waals surface area contributed by atoms with Gasteiger partial charge in [-0.2, -0.15) is 0 Å². The van der Waals surface area contributed by atoms with Gasteiger partial charge in [-0.3, -0.25) is 0 Å². The molecule has 1 aliphatic heterocycles. The predicted molar refractivity (Wildman–Crippen MR) is 94.7 cm³/mol. The zero-order valence-corrected chi connectivity index (χ0v) is 15.4. The normalized spacial score (nSPS) is 15.7. The van der Waals surface area contributed by atoms with Crippen LogP contribution in [0.5, 0.6) is 0 Å². The minimum absolute atomic E-state index is 0.509. The Morgan fingerprint density at radius 1 is 0.905 bits per heavy atom. The second-order valence-corrected chi connectivity index (χ2v) is 12.2. The van der Waals surface area contributed by atoms with E-state index in [1.807, 2.05) is 0 Å². The number of rotatable bonds is 4. The molecule has 0 fully saturated rings. The third-order valence-electron chi connectivity index (χ3n) is 3.89. The molecule has 0 aromatic heterocycles. The summed E-state index contributed by atoms with van der Waals surface area (Å²) in [4.78, 5) is 2.20. The van der Waals surface area contributed by atoms with Crippen LogP contribution >= 0.6 is 0 Å². The van der Waals surface area contributed by atoms with E-state index in [2.05, 4.69) is 94.1 Å². The second-order valence-electron chi connectivity index (χ2n) is 7.40. The molecule has 1 aromatic rings. The average molecular weight is 301 g/mol. The highest BCUT2D eigenvalue weighted by Gasteiger charge is 2.30. The molecular weight excluding hydrogens is 272 g/mol. The fourth-order valence-corrected chi connectivity index (χ4v) is 3.53. The quantitative estimate of drug-likeness (QED) is 0.691. The number of hydrogen-bond donors (Lipinski definition) is 0. The largest absolute Gasteiger partial charge is 0.374 e. The van der Waals surface area contributed by atoms with Gasteiger partial charge in [-0.05, 0) is 23.0 Å². The van der Waals surface area contributed by atoms with Gasteiger partial charge in [0.2, 0.25) is 6.67 Å². The molecule has 0 bridgehead atoms. The number of hydrogen-bond acceptors (Lipinski definition) is 2. The summed E-state index contributed by atoms with van der Waals surface area (Å²) >= 11 is 0. The fourth-order valence-electron chi connectivity index (χ4n) is 2.60. The maximum Gasteiger partial charge on any atom is 0.203 e. The molecule has 0 aliphatic carbocycles. The summed E-state index contributed by atoms with van der Waals surface area (Å²) in [7, 11) is -1.39. The fraction of sp³-hybridized carbons (Fsp3) is 0.500. The van der Waals surface area contributed by atoms with Crippen molar-refractivity contribution < 1.29 is 0 Å². The van der Waals surface area contributed by atoms with Crippen LogP contribution in [0, 0.1) is 6.67 Å². The third-order valence-corrected chi connectivity index (χ3v) is 5.58. The van der Waals surface area contributed by atoms with Gasteiger partial charge in [-0.1, -0.05) is 65.5 Å². The summed E-state index contributed by atoms with van der Waals surface area (Å²) in [6, 6.07) is 6.68. The van der Waals surface area contributed by atoms with Gasteiger partial charge in [0.05, 0.1) is 0 Å². The Hall–Kier alpha value is -1.22. The average Bonchev–Trinajstić information content (AvgIpc) is 2.86. The molecule has 2 nitrogen and oxygen atoms in total. The van der Waals surface area contributed by atoms with Crippen LogP contribution in [-0.4, -0.2) is 12.8 Å². The Balaban J connectivity index is 2.42. The number of para-hydroxylation sites is 1. The van der Waals surface area contributed by atoms with Gasteiger partial charge in [0.15, 0.2) is 0 Å². The van der Waals surface area contributed by atoms with Crippen molar-refractivity contribution in [1.82, 2.24) is 4.57 Å². The van der Waals surface area contributed by atoms with E-state index in [0.29, 0.717) is 11.8 Å². The molecule has 0 atom stereocenters. The van der Waals surface area contributed by atoms with Crippen molar-refractivity contribution in [2.45, 2.75) is 59.2 Å². The minimum Gasteiger partial charge on any atom is -0.374 e. The van der Waals surface area contributed by atoms with E-state index in [-0.39, 0.29) is 0 Å². The molecule has 2 rings (SSSR count). The summed E-state index contributed by atoms with van der Waals surface area (Å²) in [5, 5.41) is 0. The summed E-state index contributed by atoms with van der Waals surface area (Å²) < 4.78 is 2.29. The summed E-state index contributed by atoms with van der Waals surface area (Å²) in [6.07, 6.45) is 4.33. The minimum atomic E-state index is -1.39. The van der Waals surface area contributed by atoms with E-state index in [1.165, 1.54) is 16.8 Å². The Bertz CT molecular complexity index is 500. The van der Waals surface area contributed by atoms with Crippen molar-refractivity contribution in [2.75, 3.05) is 4.90 Å². The van der Waals surface area contributed by atoms with Crippen molar-refractivity contribution in [3.8, 4) is 0 Å². The van der Waals surface area contributed by atoms with Crippen LogP contribution in [-0.2, 0) is 0 Å². The zero-order valence-electron chi connectivity index (χ0n) is 14.4. The van der Waals surface area contributed by atoms with E-state index >= 15 is 0 Å². The molecule has 114 valence electrons. The lowest BCUT2D eigenvalue weighted by molar-refractivity contribution is 0.693. The lowest BCUT2D eigenvalue weighted by Crippen LogP contribution is -2.40. The molecule has 0 amide bonds. The molecule has 0 spiro atoms. The highest BCUT2D eigenvalue weighted by atomic mass is 28.3. The first kappa shape index (κ1) is 16.2. The first-order valence-corrected chi connectivity index (χ1v) is 11.3. The Labute approximate surface area is 131 Å². The van der Waals surface area contributed by atoms with Crippen molar-refractivity contribution in [3.05, 3.63) is 48.4 Å². The summed E-state index contributed by atoms with van der Waals surface area (Å²) in [5.74, 6) is 1.02. The number of nitrogens with zero attached hydrogens (tertiary/aromatic N) is 2. The van der Waals surface area contributed by atoms with Crippen LogP contribution in [0.3, 0.4) is 0 Å². The molecule has 1 aliphatic rings. The summed E-state index contributed by atoms with van der Waals surface area (Å²) in [5.41, 5.74) is 4.12. The van der Waals surface area contributed by atoms with Gasteiger partial charge in [0.1, 0.15) is 8.24 Å². The van der Waals surface area contributed by atoms with Crippen molar-refractivity contribution in [2.24, 2.45) is 0 Å². The van der Waals surface area contributed by atoms with E-state index < -0.39 is 8.24 Å². The van der Waals surface area contributed by atoms with Gasteiger partial charge in [-0.25, -0.2) is 0 Å². The van der Waals surface area contributed by atoms with Crippen LogP contribution in [0.4, 0.5) is 5.69 Å². The standard InChI is InChI=1S/C18H28N2Si/c1-14(2)16-9-8-10-17(15(3)4)18(16)19-11-12-20(13-19)21(5,6)7/h8-12,14-15H,1-7H3. The molecular formula is C18H28N2Si. The molecule has 1 aromatic carbocycles. The van der Waals surface area contributed by atoms with Crippen molar-refractivity contribution in [1.29, 1.82) is 0 Å². The highest BCUT2D eigenvalue weighted by molar-refractivity contribution is 6.73. The van der Waals surface area contributed by atoms with E-state index in [1.54, 1.807) is 0 Å². The number of benzene rings is 1. The van der Waals surface area contributed by atoms with Crippen LogP contribution < -0.4 is 4.90 Å². The van der Waals surface area contributed by atoms with Crippen LogP contribution in [0.2, 0.25) is 19.6 Å². The number of anilines is 1. The van der Waals surface area contributed by atoms with E-state index in [9.17, 15) is 0 Å². The van der Waals surface area contributed by atoms with Gasteiger partial charge in [-0.15, -0.1) is 0 Å². The van der Waals surface area contributed by atoms with Gasteiger partial charge in [0.25, 0.3) is 0 Å². The maximum absolute atomic E-state index is 3.56. The molecule has 2 radical (unpaired) electrons. The van der Waals surface area contributed by atoms with Crippen LogP contribution in [0.15, 0.2) is 30.6 Å². The van der Waals surface area contributed by atoms with Crippen molar-refractivity contribution in [3.63, 3.8) is 0 Å². The molecule has 0 unspecified atom stereocenters. The van der Waals surface area contributed by atoms with E-state index in [0.717, 1.165) is 0 Å². The molecule has 1 heterocycles. The van der Waals surface area contributed by atoms with Gasteiger partial charge >= 0.3 is 0 Å². The molecule has 3 heteroatoms. The second kappa shape index (κ2) is 5.88. The Kier molecular flexibility index (Phi) is 4.52. The molecule has 0 saturated heterocycles. The van der Waals surface area contributed by atoms with Gasteiger partial charge < -0.3 is 9.47 Å². The summed E-state index contributed by atoms with van der Waals surface area (Å²) in [6.45, 7) is 19.6. The molecule has 0 saturated carbocycles. The molecule has 21 heavy (non-hydrogen) atoms. The lowest BCUT2D eigenvalue weighted by Gasteiger charge is -2.31. The molecule has 0 N–H and O–H groups in total. The highest BCUT2D eigenvalue weighted by Crippen LogP contribution is 2.38. The maximum atomic E-state index is 3.56. The topological polar surface area (TPSA) is 6.48 Å². The Morgan fingerprint density at radius 2 is 1.43 bits per heavy atom. The third kappa shape index (κ3) is 3.34. The lowest BCUT2D eigenvalue weighted by atomic mass is 9.92. The first-order chi connectivity index (χ1) is 9.71.